The maximum atomic E-state index is 6.33. The van der Waals surface area contributed by atoms with E-state index in [2.05, 4.69) is 36.1 Å². The Hall–Kier alpha value is -0.860. The summed E-state index contributed by atoms with van der Waals surface area (Å²) in [6, 6.07) is 8.76. The van der Waals surface area contributed by atoms with Crippen LogP contribution in [-0.2, 0) is 11.3 Å². The number of ether oxygens (including phenoxy) is 1. The number of rotatable bonds is 4. The van der Waals surface area contributed by atoms with Crippen LogP contribution < -0.4 is 0 Å². The maximum absolute atomic E-state index is 6.33. The lowest BCUT2D eigenvalue weighted by molar-refractivity contribution is -0.0565. The Morgan fingerprint density at radius 1 is 0.952 bits per heavy atom. The van der Waals surface area contributed by atoms with Crippen molar-refractivity contribution in [2.24, 2.45) is 0 Å². The molecule has 2 aliphatic rings. The van der Waals surface area contributed by atoms with E-state index in [4.69, 9.17) is 4.74 Å². The molecule has 0 atom stereocenters. The van der Waals surface area contributed by atoms with Crippen LogP contribution in [0, 0.1) is 6.92 Å². The van der Waals surface area contributed by atoms with E-state index in [1.165, 1.54) is 69.2 Å². The third-order valence-electron chi connectivity index (χ3n) is 5.13. The second-order valence-corrected chi connectivity index (χ2v) is 6.80. The Bertz CT molecular complexity index is 431. The minimum absolute atomic E-state index is 0.515. The molecule has 3 rings (SSSR count). The number of likely N-dealkylation sites (tertiary alicyclic amines) is 1. The van der Waals surface area contributed by atoms with Gasteiger partial charge in [0.15, 0.2) is 0 Å². The molecule has 1 aliphatic carbocycles. The Morgan fingerprint density at radius 3 is 2.33 bits per heavy atom. The minimum Gasteiger partial charge on any atom is -0.375 e. The summed E-state index contributed by atoms with van der Waals surface area (Å²) in [6.45, 7) is 5.69. The molecule has 1 heterocycles. The summed E-state index contributed by atoms with van der Waals surface area (Å²) in [7, 11) is 0. The molecule has 2 nitrogen and oxygen atoms in total. The highest BCUT2D eigenvalue weighted by Gasteiger charge is 2.24. The summed E-state index contributed by atoms with van der Waals surface area (Å²) in [5, 5.41) is 0. The topological polar surface area (TPSA) is 12.5 Å². The first-order valence-corrected chi connectivity index (χ1v) is 8.73. The molecule has 0 unspecified atom stereocenters. The highest BCUT2D eigenvalue weighted by atomic mass is 16.5. The third kappa shape index (κ3) is 4.31. The van der Waals surface area contributed by atoms with Crippen LogP contribution in [-0.4, -0.2) is 30.2 Å². The first-order valence-electron chi connectivity index (χ1n) is 8.73. The van der Waals surface area contributed by atoms with Gasteiger partial charge in [0, 0.05) is 19.6 Å². The van der Waals surface area contributed by atoms with Gasteiger partial charge < -0.3 is 4.74 Å². The fraction of sp³-hybridized carbons (Fsp3) is 0.684. The van der Waals surface area contributed by atoms with Gasteiger partial charge in [-0.25, -0.2) is 0 Å². The molecule has 1 aromatic carbocycles. The fourth-order valence-corrected chi connectivity index (χ4v) is 3.71. The van der Waals surface area contributed by atoms with Gasteiger partial charge >= 0.3 is 0 Å². The van der Waals surface area contributed by atoms with Crippen molar-refractivity contribution >= 4 is 0 Å². The van der Waals surface area contributed by atoms with Gasteiger partial charge in [0.05, 0.1) is 12.2 Å². The smallest absolute Gasteiger partial charge is 0.0603 e. The molecule has 116 valence electrons. The monoisotopic (exact) mass is 287 g/mol. The van der Waals surface area contributed by atoms with Crippen LogP contribution in [0.25, 0.3) is 0 Å². The number of benzene rings is 1. The molecule has 21 heavy (non-hydrogen) atoms. The molecule has 0 N–H and O–H groups in total. The second kappa shape index (κ2) is 7.42. The number of piperidine rings is 1. The van der Waals surface area contributed by atoms with Crippen molar-refractivity contribution in [2.45, 2.75) is 70.6 Å². The van der Waals surface area contributed by atoms with Gasteiger partial charge in [0.25, 0.3) is 0 Å². The number of hydrogen-bond acceptors (Lipinski definition) is 2. The van der Waals surface area contributed by atoms with E-state index in [1.54, 1.807) is 0 Å². The van der Waals surface area contributed by atoms with Crippen molar-refractivity contribution in [3.8, 4) is 0 Å². The van der Waals surface area contributed by atoms with Gasteiger partial charge in [-0.3, -0.25) is 4.90 Å². The average molecular weight is 287 g/mol. The average Bonchev–Trinajstić information content (AvgIpc) is 2.52. The molecule has 1 saturated carbocycles. The van der Waals surface area contributed by atoms with Crippen LogP contribution in [0.3, 0.4) is 0 Å². The van der Waals surface area contributed by atoms with Gasteiger partial charge in [0.2, 0.25) is 0 Å². The second-order valence-electron chi connectivity index (χ2n) is 6.80. The van der Waals surface area contributed by atoms with Crippen molar-refractivity contribution < 1.29 is 4.74 Å². The van der Waals surface area contributed by atoms with E-state index in [-0.39, 0.29) is 0 Å². The molecule has 0 bridgehead atoms. The molecule has 1 aromatic rings. The predicted octanol–water partition coefficient (Wildman–Crippen LogP) is 4.31. The predicted molar refractivity (Wildman–Crippen MR) is 87.4 cm³/mol. The zero-order valence-electron chi connectivity index (χ0n) is 13.4. The largest absolute Gasteiger partial charge is 0.375 e. The SMILES string of the molecule is Cc1ccccc1CN1CCC(OC2CCCCC2)CC1. The number of aryl methyl sites for hydroxylation is 1. The van der Waals surface area contributed by atoms with Gasteiger partial charge in [-0.15, -0.1) is 0 Å². The highest BCUT2D eigenvalue weighted by Crippen LogP contribution is 2.25. The van der Waals surface area contributed by atoms with Crippen LogP contribution in [0.5, 0.6) is 0 Å². The van der Waals surface area contributed by atoms with Gasteiger partial charge in [0.1, 0.15) is 0 Å². The van der Waals surface area contributed by atoms with Gasteiger partial charge in [-0.2, -0.15) is 0 Å². The normalized spacial score (nSPS) is 22.5. The lowest BCUT2D eigenvalue weighted by Crippen LogP contribution is -2.38. The van der Waals surface area contributed by atoms with Crippen molar-refractivity contribution in [2.75, 3.05) is 13.1 Å². The van der Waals surface area contributed by atoms with Crippen LogP contribution in [0.4, 0.5) is 0 Å². The van der Waals surface area contributed by atoms with Crippen LogP contribution >= 0.6 is 0 Å². The quantitative estimate of drug-likeness (QED) is 0.818. The third-order valence-corrected chi connectivity index (χ3v) is 5.13. The first-order chi connectivity index (χ1) is 10.3. The zero-order chi connectivity index (χ0) is 14.5. The molecule has 2 heteroatoms. The number of hydrogen-bond donors (Lipinski definition) is 0. The molecule has 2 fully saturated rings. The highest BCUT2D eigenvalue weighted by molar-refractivity contribution is 5.25. The number of nitrogens with zero attached hydrogens (tertiary/aromatic N) is 1. The Kier molecular flexibility index (Phi) is 5.32. The maximum Gasteiger partial charge on any atom is 0.0603 e. The molecule has 0 aromatic heterocycles. The van der Waals surface area contributed by atoms with Crippen molar-refractivity contribution in [1.82, 2.24) is 4.90 Å². The van der Waals surface area contributed by atoms with E-state index in [0.717, 1.165) is 6.54 Å². The first kappa shape index (κ1) is 15.1. The molecule has 1 aliphatic heterocycles. The summed E-state index contributed by atoms with van der Waals surface area (Å²) >= 11 is 0. The van der Waals surface area contributed by atoms with E-state index < -0.39 is 0 Å². The van der Waals surface area contributed by atoms with Gasteiger partial charge in [-0.1, -0.05) is 43.5 Å². The van der Waals surface area contributed by atoms with Crippen LogP contribution in [0.1, 0.15) is 56.1 Å². The standard InChI is InChI=1S/C19H29NO/c1-16-7-5-6-8-17(16)15-20-13-11-19(12-14-20)21-18-9-3-2-4-10-18/h5-8,18-19H,2-4,9-15H2,1H3. The lowest BCUT2D eigenvalue weighted by Gasteiger charge is -2.35. The molecular formula is C19H29NO. The van der Waals surface area contributed by atoms with E-state index in [0.29, 0.717) is 12.2 Å². The Balaban J connectivity index is 1.43. The Labute approximate surface area is 129 Å². The van der Waals surface area contributed by atoms with Crippen LogP contribution in [0.2, 0.25) is 0 Å². The molecule has 0 amide bonds. The van der Waals surface area contributed by atoms with Crippen LogP contribution in [0.15, 0.2) is 24.3 Å². The van der Waals surface area contributed by atoms with Gasteiger partial charge in [-0.05, 0) is 43.7 Å². The van der Waals surface area contributed by atoms with Crippen molar-refractivity contribution in [3.05, 3.63) is 35.4 Å². The molecule has 0 radical (unpaired) electrons. The molecule has 0 spiro atoms. The summed E-state index contributed by atoms with van der Waals surface area (Å²) in [4.78, 5) is 2.59. The fourth-order valence-electron chi connectivity index (χ4n) is 3.71. The summed E-state index contributed by atoms with van der Waals surface area (Å²) in [5.74, 6) is 0. The Morgan fingerprint density at radius 2 is 1.62 bits per heavy atom. The zero-order valence-corrected chi connectivity index (χ0v) is 13.4. The van der Waals surface area contributed by atoms with E-state index >= 15 is 0 Å². The minimum atomic E-state index is 0.515. The van der Waals surface area contributed by atoms with E-state index in [9.17, 15) is 0 Å². The molecular weight excluding hydrogens is 258 g/mol. The lowest BCUT2D eigenvalue weighted by atomic mass is 9.97. The van der Waals surface area contributed by atoms with Crippen molar-refractivity contribution in [3.63, 3.8) is 0 Å². The summed E-state index contributed by atoms with van der Waals surface area (Å²) < 4.78 is 6.33. The summed E-state index contributed by atoms with van der Waals surface area (Å²) in [6.07, 6.45) is 10.2. The molecule has 1 saturated heterocycles. The summed E-state index contributed by atoms with van der Waals surface area (Å²) in [5.41, 5.74) is 2.89. The van der Waals surface area contributed by atoms with Crippen molar-refractivity contribution in [1.29, 1.82) is 0 Å². The van der Waals surface area contributed by atoms with E-state index in [1.807, 2.05) is 0 Å².